The molecule has 0 rings (SSSR count). The van der Waals surface area contributed by atoms with Crippen LogP contribution in [-0.2, 0) is 14.3 Å². The van der Waals surface area contributed by atoms with Crippen molar-refractivity contribution in [1.29, 1.82) is 0 Å². The lowest BCUT2D eigenvalue weighted by molar-refractivity contribution is -0.164. The quantitative estimate of drug-likeness (QED) is 0.0689. The topological polar surface area (TPSA) is 63.6 Å². The van der Waals surface area contributed by atoms with Gasteiger partial charge in [-0.25, -0.2) is 4.79 Å². The molecule has 0 aromatic heterocycles. The van der Waals surface area contributed by atoms with Crippen LogP contribution in [0.4, 0.5) is 0 Å². The maximum absolute atomic E-state index is 12.1. The van der Waals surface area contributed by atoms with E-state index in [-0.39, 0.29) is 6.42 Å². The van der Waals surface area contributed by atoms with Crippen molar-refractivity contribution in [3.05, 3.63) is 60.8 Å². The lowest BCUT2D eigenvalue weighted by atomic mass is 10.0. The van der Waals surface area contributed by atoms with Gasteiger partial charge >= 0.3 is 11.9 Å². The fourth-order valence-electron chi connectivity index (χ4n) is 4.00. The van der Waals surface area contributed by atoms with E-state index in [1.165, 1.54) is 44.9 Å². The van der Waals surface area contributed by atoms with Crippen LogP contribution in [0.25, 0.3) is 0 Å². The highest BCUT2D eigenvalue weighted by atomic mass is 16.6. The number of aliphatic carboxylic acids is 1. The third-order valence-electron chi connectivity index (χ3n) is 6.28. The molecule has 0 aromatic rings. The Kier molecular flexibility index (Phi) is 27.4. The lowest BCUT2D eigenvalue weighted by Crippen LogP contribution is -2.26. The first-order valence-corrected chi connectivity index (χ1v) is 15.3. The second kappa shape index (κ2) is 29.2. The molecule has 0 amide bonds. The van der Waals surface area contributed by atoms with Gasteiger partial charge in [-0.1, -0.05) is 132 Å². The van der Waals surface area contributed by atoms with Crippen LogP contribution < -0.4 is 0 Å². The highest BCUT2D eigenvalue weighted by Crippen LogP contribution is 2.14. The van der Waals surface area contributed by atoms with Gasteiger partial charge in [0.2, 0.25) is 0 Å². The van der Waals surface area contributed by atoms with Crippen molar-refractivity contribution in [1.82, 2.24) is 0 Å². The van der Waals surface area contributed by atoms with E-state index in [9.17, 15) is 14.7 Å². The fourth-order valence-corrected chi connectivity index (χ4v) is 4.00. The number of carboxylic acids is 1. The van der Waals surface area contributed by atoms with Gasteiger partial charge in [-0.15, -0.1) is 0 Å². The predicted molar refractivity (Wildman–Crippen MR) is 162 cm³/mol. The molecular weight excluding hydrogens is 472 g/mol. The summed E-state index contributed by atoms with van der Waals surface area (Å²) in [7, 11) is 0. The molecule has 38 heavy (non-hydrogen) atoms. The molecule has 0 heterocycles. The third kappa shape index (κ3) is 26.7. The van der Waals surface area contributed by atoms with E-state index in [4.69, 9.17) is 4.74 Å². The molecule has 4 heteroatoms. The Bertz CT molecular complexity index is 699. The Balaban J connectivity index is 3.78. The summed E-state index contributed by atoms with van der Waals surface area (Å²) < 4.78 is 5.24. The normalized spacial score (nSPS) is 13.1. The number of rotatable bonds is 26. The number of hydrogen-bond donors (Lipinski definition) is 1. The van der Waals surface area contributed by atoms with Gasteiger partial charge in [0.25, 0.3) is 0 Å². The first kappa shape index (κ1) is 35.6. The molecule has 0 aliphatic rings. The summed E-state index contributed by atoms with van der Waals surface area (Å²) in [5, 5.41) is 9.38. The molecule has 216 valence electrons. The molecule has 0 saturated heterocycles. The molecule has 1 unspecified atom stereocenters. The number of esters is 1. The van der Waals surface area contributed by atoms with Gasteiger partial charge < -0.3 is 9.84 Å². The van der Waals surface area contributed by atoms with Crippen LogP contribution in [0, 0.1) is 0 Å². The molecule has 0 aliphatic carbocycles. The SMILES string of the molecule is CC/C=C\C/C=C\C/C=C\C/C=C\C/C=C\CCCC(=O)OC(CCCCCCCCCCCC)C(=O)O. The number of carbonyl (C=O) groups is 2. The van der Waals surface area contributed by atoms with Crippen molar-refractivity contribution in [2.45, 2.75) is 142 Å². The minimum absolute atomic E-state index is 0.260. The Morgan fingerprint density at radius 2 is 1.05 bits per heavy atom. The van der Waals surface area contributed by atoms with E-state index in [2.05, 4.69) is 74.6 Å². The van der Waals surface area contributed by atoms with Crippen LogP contribution >= 0.6 is 0 Å². The fraction of sp³-hybridized carbons (Fsp3) is 0.647. The average Bonchev–Trinajstić information content (AvgIpc) is 2.90. The zero-order chi connectivity index (χ0) is 27.9. The van der Waals surface area contributed by atoms with E-state index in [0.29, 0.717) is 12.8 Å². The molecule has 4 nitrogen and oxygen atoms in total. The van der Waals surface area contributed by atoms with Gasteiger partial charge in [0.05, 0.1) is 0 Å². The van der Waals surface area contributed by atoms with Crippen molar-refractivity contribution in [2.24, 2.45) is 0 Å². The Labute approximate surface area is 234 Å². The van der Waals surface area contributed by atoms with Gasteiger partial charge in [0, 0.05) is 6.42 Å². The minimum atomic E-state index is -1.04. The molecule has 0 bridgehead atoms. The van der Waals surface area contributed by atoms with Crippen LogP contribution in [0.1, 0.15) is 136 Å². The zero-order valence-corrected chi connectivity index (χ0v) is 24.5. The van der Waals surface area contributed by atoms with E-state index in [1.807, 2.05) is 0 Å². The molecule has 0 spiro atoms. The van der Waals surface area contributed by atoms with Crippen molar-refractivity contribution < 1.29 is 19.4 Å². The third-order valence-corrected chi connectivity index (χ3v) is 6.28. The standard InChI is InChI=1S/C34H56O4/c1-3-5-7-9-11-13-15-16-17-18-19-20-21-23-25-27-29-31-33(35)38-32(34(36)37)30-28-26-24-22-14-12-10-8-6-4-2/h5,7,11,13,16-17,19-20,23,25,32H,3-4,6,8-10,12,14-15,18,21-22,24,26-31H2,1-2H3,(H,36,37)/b7-5-,13-11-,17-16-,20-19-,25-23-. The average molecular weight is 529 g/mol. The van der Waals surface area contributed by atoms with Gasteiger partial charge in [0.15, 0.2) is 6.10 Å². The van der Waals surface area contributed by atoms with Crippen molar-refractivity contribution in [2.75, 3.05) is 0 Å². The summed E-state index contributed by atoms with van der Waals surface area (Å²) in [6.07, 6.45) is 39.6. The number of hydrogen-bond acceptors (Lipinski definition) is 3. The lowest BCUT2D eigenvalue weighted by Gasteiger charge is -2.13. The van der Waals surface area contributed by atoms with E-state index >= 15 is 0 Å². The summed E-state index contributed by atoms with van der Waals surface area (Å²) in [6.45, 7) is 4.38. The second-order valence-corrected chi connectivity index (χ2v) is 9.89. The molecule has 0 aliphatic heterocycles. The maximum Gasteiger partial charge on any atom is 0.345 e. The van der Waals surface area contributed by atoms with Crippen LogP contribution in [0.5, 0.6) is 0 Å². The summed E-state index contributed by atoms with van der Waals surface area (Å²) in [6, 6.07) is 0. The smallest absolute Gasteiger partial charge is 0.345 e. The largest absolute Gasteiger partial charge is 0.479 e. The number of allylic oxidation sites excluding steroid dienone is 10. The zero-order valence-electron chi connectivity index (χ0n) is 24.5. The number of carbonyl (C=O) groups excluding carboxylic acids is 1. The molecule has 0 aromatic carbocycles. The van der Waals surface area contributed by atoms with Crippen molar-refractivity contribution >= 4 is 11.9 Å². The van der Waals surface area contributed by atoms with Crippen molar-refractivity contribution in [3.63, 3.8) is 0 Å². The van der Waals surface area contributed by atoms with Gasteiger partial charge in [-0.2, -0.15) is 0 Å². The first-order valence-electron chi connectivity index (χ1n) is 15.3. The van der Waals surface area contributed by atoms with E-state index in [1.54, 1.807) is 0 Å². The molecule has 0 fully saturated rings. The van der Waals surface area contributed by atoms with Gasteiger partial charge in [0.1, 0.15) is 0 Å². The molecular formula is C34H56O4. The maximum atomic E-state index is 12.1. The Morgan fingerprint density at radius 1 is 0.605 bits per heavy atom. The predicted octanol–water partition coefficient (Wildman–Crippen LogP) is 10.2. The highest BCUT2D eigenvalue weighted by molar-refractivity contribution is 5.77. The number of carboxylic acid groups (broad SMARTS) is 1. The molecule has 0 radical (unpaired) electrons. The number of unbranched alkanes of at least 4 members (excludes halogenated alkanes) is 10. The van der Waals surface area contributed by atoms with Gasteiger partial charge in [-0.05, 0) is 57.8 Å². The van der Waals surface area contributed by atoms with Crippen LogP contribution in [-0.4, -0.2) is 23.1 Å². The van der Waals surface area contributed by atoms with Crippen LogP contribution in [0.15, 0.2) is 60.8 Å². The Hall–Kier alpha value is -2.36. The van der Waals surface area contributed by atoms with Crippen LogP contribution in [0.3, 0.4) is 0 Å². The van der Waals surface area contributed by atoms with E-state index < -0.39 is 18.0 Å². The summed E-state index contributed by atoms with van der Waals surface area (Å²) in [5.74, 6) is -1.44. The molecule has 1 atom stereocenters. The molecule has 0 saturated carbocycles. The van der Waals surface area contributed by atoms with Crippen molar-refractivity contribution in [3.8, 4) is 0 Å². The number of ether oxygens (including phenoxy) is 1. The summed E-state index contributed by atoms with van der Waals surface area (Å²) >= 11 is 0. The second-order valence-electron chi connectivity index (χ2n) is 9.89. The Morgan fingerprint density at radius 3 is 1.53 bits per heavy atom. The van der Waals surface area contributed by atoms with E-state index in [0.717, 1.165) is 57.8 Å². The highest BCUT2D eigenvalue weighted by Gasteiger charge is 2.21. The molecule has 1 N–H and O–H groups in total. The van der Waals surface area contributed by atoms with Gasteiger partial charge in [-0.3, -0.25) is 4.79 Å². The van der Waals surface area contributed by atoms with Crippen LogP contribution in [0.2, 0.25) is 0 Å². The first-order chi connectivity index (χ1) is 18.6. The summed E-state index contributed by atoms with van der Waals surface area (Å²) in [4.78, 5) is 23.5. The minimum Gasteiger partial charge on any atom is -0.479 e. The summed E-state index contributed by atoms with van der Waals surface area (Å²) in [5.41, 5.74) is 0. The monoisotopic (exact) mass is 528 g/mol.